The van der Waals surface area contributed by atoms with Crippen LogP contribution in [0.4, 0.5) is 5.69 Å². The Balaban J connectivity index is 1.49. The van der Waals surface area contributed by atoms with Crippen LogP contribution in [0.3, 0.4) is 0 Å². The Hall–Kier alpha value is -4.52. The molecule has 1 heterocycles. The second-order valence-corrected chi connectivity index (χ2v) is 7.28. The molecule has 164 valence electrons. The molecule has 0 aliphatic carbocycles. The zero-order valence-corrected chi connectivity index (χ0v) is 18.1. The average molecular weight is 438 g/mol. The molecule has 4 aromatic rings. The summed E-state index contributed by atoms with van der Waals surface area (Å²) >= 11 is 0. The van der Waals surface area contributed by atoms with Crippen molar-refractivity contribution in [1.29, 1.82) is 0 Å². The highest BCUT2D eigenvalue weighted by Gasteiger charge is 2.14. The van der Waals surface area contributed by atoms with E-state index in [1.165, 1.54) is 6.21 Å². The van der Waals surface area contributed by atoms with Gasteiger partial charge in [0.15, 0.2) is 0 Å². The van der Waals surface area contributed by atoms with Crippen molar-refractivity contribution < 1.29 is 9.59 Å². The molecule has 0 aliphatic heterocycles. The lowest BCUT2D eigenvalue weighted by Gasteiger charge is -2.04. The van der Waals surface area contributed by atoms with Crippen molar-refractivity contribution in [2.24, 2.45) is 5.10 Å². The molecule has 0 bridgehead atoms. The van der Waals surface area contributed by atoms with Gasteiger partial charge < -0.3 is 5.32 Å². The summed E-state index contributed by atoms with van der Waals surface area (Å²) in [5.74, 6) is -1.65. The summed E-state index contributed by atoms with van der Waals surface area (Å²) in [6.07, 6.45) is 4.20. The van der Waals surface area contributed by atoms with Gasteiger partial charge in [0.25, 0.3) is 0 Å². The predicted octanol–water partition coefficient (Wildman–Crippen LogP) is 4.19. The Morgan fingerprint density at radius 1 is 0.909 bits per heavy atom. The number of hydrogen-bond donors (Lipinski definition) is 2. The van der Waals surface area contributed by atoms with E-state index in [-0.39, 0.29) is 0 Å². The van der Waals surface area contributed by atoms with Gasteiger partial charge in [0, 0.05) is 23.0 Å². The highest BCUT2D eigenvalue weighted by Crippen LogP contribution is 2.22. The summed E-state index contributed by atoms with van der Waals surface area (Å²) in [6.45, 7) is 2.05. The summed E-state index contributed by atoms with van der Waals surface area (Å²) in [5, 5.41) is 11.2. The normalized spacial score (nSPS) is 10.8. The fourth-order valence-electron chi connectivity index (χ4n) is 3.24. The van der Waals surface area contributed by atoms with E-state index in [2.05, 4.69) is 20.9 Å². The lowest BCUT2D eigenvalue weighted by Crippen LogP contribution is -2.32. The molecule has 0 unspecified atom stereocenters. The Morgan fingerprint density at radius 3 is 2.24 bits per heavy atom. The minimum absolute atomic E-state index is 0.548. The van der Waals surface area contributed by atoms with E-state index in [4.69, 9.17) is 0 Å². The van der Waals surface area contributed by atoms with Crippen molar-refractivity contribution in [2.45, 2.75) is 13.3 Å². The lowest BCUT2D eigenvalue weighted by molar-refractivity contribution is -0.136. The van der Waals surface area contributed by atoms with Gasteiger partial charge in [-0.2, -0.15) is 10.2 Å². The molecule has 0 radical (unpaired) electrons. The molecule has 0 spiro atoms. The van der Waals surface area contributed by atoms with Crippen LogP contribution in [0.25, 0.3) is 16.9 Å². The number of carbonyl (C=O) groups excluding carboxylic acids is 2. The zero-order valence-electron chi connectivity index (χ0n) is 18.1. The molecule has 0 fully saturated rings. The van der Waals surface area contributed by atoms with E-state index < -0.39 is 11.8 Å². The van der Waals surface area contributed by atoms with E-state index in [0.717, 1.165) is 23.2 Å². The number of anilines is 1. The maximum atomic E-state index is 12.2. The number of hydrogen-bond acceptors (Lipinski definition) is 4. The molecule has 0 saturated heterocycles. The molecule has 33 heavy (non-hydrogen) atoms. The number of carbonyl (C=O) groups is 2. The summed E-state index contributed by atoms with van der Waals surface area (Å²) in [7, 11) is 0. The van der Waals surface area contributed by atoms with E-state index in [1.807, 2.05) is 85.9 Å². The van der Waals surface area contributed by atoms with Crippen molar-refractivity contribution in [3.8, 4) is 16.9 Å². The number of hydrazone groups is 1. The number of aryl methyl sites for hydroxylation is 1. The molecule has 0 saturated carbocycles. The van der Waals surface area contributed by atoms with Crippen LogP contribution in [0.2, 0.25) is 0 Å². The van der Waals surface area contributed by atoms with Crippen molar-refractivity contribution in [3.63, 3.8) is 0 Å². The van der Waals surface area contributed by atoms with Gasteiger partial charge >= 0.3 is 11.8 Å². The second kappa shape index (κ2) is 10.2. The quantitative estimate of drug-likeness (QED) is 0.269. The van der Waals surface area contributed by atoms with Crippen LogP contribution in [-0.4, -0.2) is 27.8 Å². The molecular weight excluding hydrogens is 414 g/mol. The maximum Gasteiger partial charge on any atom is 0.329 e. The number of nitrogens with zero attached hydrogens (tertiary/aromatic N) is 3. The topological polar surface area (TPSA) is 88.4 Å². The van der Waals surface area contributed by atoms with Gasteiger partial charge in [-0.15, -0.1) is 0 Å². The summed E-state index contributed by atoms with van der Waals surface area (Å²) in [6, 6.07) is 26.7. The molecule has 1 aromatic heterocycles. The minimum Gasteiger partial charge on any atom is -0.318 e. The Morgan fingerprint density at radius 2 is 1.58 bits per heavy atom. The number of nitrogens with one attached hydrogen (secondary N) is 2. The van der Waals surface area contributed by atoms with E-state index in [0.29, 0.717) is 16.9 Å². The molecule has 2 amide bonds. The molecule has 2 N–H and O–H groups in total. The number of benzene rings is 3. The number of para-hydroxylation sites is 1. The smallest absolute Gasteiger partial charge is 0.318 e. The third kappa shape index (κ3) is 5.40. The van der Waals surface area contributed by atoms with Gasteiger partial charge in [0.2, 0.25) is 0 Å². The second-order valence-electron chi connectivity index (χ2n) is 7.28. The monoisotopic (exact) mass is 437 g/mol. The van der Waals surface area contributed by atoms with Gasteiger partial charge in [0.1, 0.15) is 5.69 Å². The third-order valence-corrected chi connectivity index (χ3v) is 5.01. The number of aromatic nitrogens is 2. The highest BCUT2D eigenvalue weighted by molar-refractivity contribution is 6.39. The van der Waals surface area contributed by atoms with Crippen molar-refractivity contribution in [3.05, 3.63) is 102 Å². The standard InChI is InChI=1S/C26H23N5O2/c1-2-19-13-15-22(16-14-19)28-25(32)26(33)29-27-17-21-18-31(23-11-7-4-8-12-23)30-24(21)20-9-5-3-6-10-20/h3-18H,2H2,1H3,(H,28,32)(H,29,33)/b27-17-. The van der Waals surface area contributed by atoms with Crippen molar-refractivity contribution >= 4 is 23.7 Å². The molecule has 7 heteroatoms. The molecule has 3 aromatic carbocycles. The Labute approximate surface area is 191 Å². The first-order valence-electron chi connectivity index (χ1n) is 10.6. The Bertz CT molecular complexity index is 1260. The first-order valence-corrected chi connectivity index (χ1v) is 10.6. The van der Waals surface area contributed by atoms with Crippen LogP contribution in [0.15, 0.2) is 96.2 Å². The molecule has 0 atom stereocenters. The van der Waals surface area contributed by atoms with Gasteiger partial charge in [-0.05, 0) is 36.2 Å². The van der Waals surface area contributed by atoms with Crippen molar-refractivity contribution in [1.82, 2.24) is 15.2 Å². The SMILES string of the molecule is CCc1ccc(NC(=O)C(=O)N/N=C\c2cn(-c3ccccc3)nc2-c2ccccc2)cc1. The third-order valence-electron chi connectivity index (χ3n) is 5.01. The molecule has 0 aliphatic rings. The van der Waals surface area contributed by atoms with Gasteiger partial charge in [0.05, 0.1) is 11.9 Å². The van der Waals surface area contributed by atoms with Gasteiger partial charge in [-0.3, -0.25) is 9.59 Å². The van der Waals surface area contributed by atoms with Crippen LogP contribution in [0.1, 0.15) is 18.1 Å². The molecular formula is C26H23N5O2. The van der Waals surface area contributed by atoms with Crippen LogP contribution >= 0.6 is 0 Å². The number of rotatable bonds is 6. The maximum absolute atomic E-state index is 12.2. The minimum atomic E-state index is -0.859. The fourth-order valence-corrected chi connectivity index (χ4v) is 3.24. The lowest BCUT2D eigenvalue weighted by atomic mass is 10.1. The van der Waals surface area contributed by atoms with Crippen molar-refractivity contribution in [2.75, 3.05) is 5.32 Å². The highest BCUT2D eigenvalue weighted by atomic mass is 16.2. The van der Waals surface area contributed by atoms with Crippen LogP contribution < -0.4 is 10.7 Å². The molecule has 7 nitrogen and oxygen atoms in total. The fraction of sp³-hybridized carbons (Fsp3) is 0.0769. The van der Waals surface area contributed by atoms with Gasteiger partial charge in [-0.1, -0.05) is 67.6 Å². The molecule has 4 rings (SSSR count). The van der Waals surface area contributed by atoms with Crippen LogP contribution in [-0.2, 0) is 16.0 Å². The van der Waals surface area contributed by atoms with Crippen LogP contribution in [0.5, 0.6) is 0 Å². The summed E-state index contributed by atoms with van der Waals surface area (Å²) in [5.41, 5.74) is 7.18. The van der Waals surface area contributed by atoms with E-state index in [1.54, 1.807) is 16.8 Å². The van der Waals surface area contributed by atoms with Gasteiger partial charge in [-0.25, -0.2) is 10.1 Å². The summed E-state index contributed by atoms with van der Waals surface area (Å²) in [4.78, 5) is 24.4. The first kappa shape index (κ1) is 21.7. The van der Waals surface area contributed by atoms with Crippen LogP contribution in [0, 0.1) is 0 Å². The van der Waals surface area contributed by atoms with E-state index >= 15 is 0 Å². The largest absolute Gasteiger partial charge is 0.329 e. The predicted molar refractivity (Wildman–Crippen MR) is 129 cm³/mol. The zero-order chi connectivity index (χ0) is 23.0. The summed E-state index contributed by atoms with van der Waals surface area (Å²) < 4.78 is 1.75. The first-order chi connectivity index (χ1) is 16.1. The van der Waals surface area contributed by atoms with E-state index in [9.17, 15) is 9.59 Å². The average Bonchev–Trinajstić information content (AvgIpc) is 3.29. The Kier molecular flexibility index (Phi) is 6.70. The number of amides is 2.